The molecule has 0 aliphatic heterocycles. The summed E-state index contributed by atoms with van der Waals surface area (Å²) in [6.45, 7) is 7.51. The number of hydrogen-bond acceptors (Lipinski definition) is 4. The molecule has 1 rings (SSSR count). The van der Waals surface area contributed by atoms with Crippen LogP contribution in [0.3, 0.4) is 0 Å². The van der Waals surface area contributed by atoms with Crippen molar-refractivity contribution >= 4 is 12.1 Å². The first-order valence-corrected chi connectivity index (χ1v) is 7.59. The molecule has 1 atom stereocenters. The molecule has 0 aliphatic rings. The van der Waals surface area contributed by atoms with E-state index in [1.165, 1.54) is 12.1 Å². The normalized spacial score (nSPS) is 12.4. The fourth-order valence-electron chi connectivity index (χ4n) is 1.98. The molecule has 0 saturated heterocycles. The Morgan fingerprint density at radius 1 is 1.22 bits per heavy atom. The first-order chi connectivity index (χ1) is 10.7. The minimum absolute atomic E-state index is 0.0925. The van der Waals surface area contributed by atoms with Gasteiger partial charge in [0, 0.05) is 12.5 Å². The van der Waals surface area contributed by atoms with Crippen LogP contribution in [0.4, 0.5) is 9.18 Å². The Morgan fingerprint density at radius 2 is 1.83 bits per heavy atom. The zero-order chi connectivity index (χ0) is 17.5. The predicted octanol–water partition coefficient (Wildman–Crippen LogP) is 3.39. The van der Waals surface area contributed by atoms with Gasteiger partial charge in [0.25, 0.3) is 0 Å². The van der Waals surface area contributed by atoms with E-state index in [-0.39, 0.29) is 37.3 Å². The molecule has 0 saturated carbocycles. The van der Waals surface area contributed by atoms with E-state index in [9.17, 15) is 14.0 Å². The molecule has 0 fully saturated rings. The van der Waals surface area contributed by atoms with Crippen molar-refractivity contribution in [1.29, 1.82) is 0 Å². The van der Waals surface area contributed by atoms with Crippen molar-refractivity contribution in [1.82, 2.24) is 5.32 Å². The summed E-state index contributed by atoms with van der Waals surface area (Å²) in [4.78, 5) is 23.5. The number of esters is 1. The second kappa shape index (κ2) is 8.50. The number of hydrogen-bond donors (Lipinski definition) is 1. The number of rotatable bonds is 6. The lowest BCUT2D eigenvalue weighted by Crippen LogP contribution is -2.35. The average molecular weight is 325 g/mol. The molecule has 128 valence electrons. The molecule has 0 aliphatic carbocycles. The Hall–Kier alpha value is -2.11. The minimum atomic E-state index is -0.601. The number of halogens is 1. The van der Waals surface area contributed by atoms with Gasteiger partial charge in [-0.1, -0.05) is 12.1 Å². The van der Waals surface area contributed by atoms with E-state index >= 15 is 0 Å². The van der Waals surface area contributed by atoms with Crippen LogP contribution in [0.1, 0.15) is 45.6 Å². The molecule has 0 heterocycles. The highest BCUT2D eigenvalue weighted by molar-refractivity contribution is 5.71. The Labute approximate surface area is 136 Å². The van der Waals surface area contributed by atoms with Gasteiger partial charge in [0.15, 0.2) is 0 Å². The van der Waals surface area contributed by atoms with E-state index in [4.69, 9.17) is 9.47 Å². The van der Waals surface area contributed by atoms with E-state index in [1.54, 1.807) is 39.8 Å². The molecule has 0 aromatic heterocycles. The number of amides is 1. The van der Waals surface area contributed by atoms with Gasteiger partial charge in [0.1, 0.15) is 11.4 Å². The lowest BCUT2D eigenvalue weighted by atomic mass is 9.95. The Bertz CT molecular complexity index is 522. The number of alkyl carbamates (subject to hydrolysis) is 1. The van der Waals surface area contributed by atoms with Crippen LogP contribution in [0.15, 0.2) is 24.3 Å². The summed E-state index contributed by atoms with van der Waals surface area (Å²) < 4.78 is 23.2. The molecular formula is C17H24FNO4. The average Bonchev–Trinajstić information content (AvgIpc) is 2.43. The molecule has 1 unspecified atom stereocenters. The molecule has 0 spiro atoms. The Kier molecular flexibility index (Phi) is 7.00. The van der Waals surface area contributed by atoms with Crippen molar-refractivity contribution in [2.75, 3.05) is 13.2 Å². The molecule has 1 amide bonds. The third kappa shape index (κ3) is 7.63. The summed E-state index contributed by atoms with van der Waals surface area (Å²) in [5, 5.41) is 2.64. The van der Waals surface area contributed by atoms with Gasteiger partial charge in [-0.05, 0) is 45.4 Å². The summed E-state index contributed by atoms with van der Waals surface area (Å²) in [5.74, 6) is -1.04. The van der Waals surface area contributed by atoms with Crippen LogP contribution in [0.5, 0.6) is 0 Å². The van der Waals surface area contributed by atoms with Gasteiger partial charge in [-0.3, -0.25) is 4.79 Å². The first kappa shape index (κ1) is 18.9. The quantitative estimate of drug-likeness (QED) is 0.814. The smallest absolute Gasteiger partial charge is 0.407 e. The SMILES string of the molecule is CCOC(=O)CC(CNC(=O)OC(C)(C)C)c1ccc(F)cc1. The van der Waals surface area contributed by atoms with E-state index in [2.05, 4.69) is 5.32 Å². The maximum Gasteiger partial charge on any atom is 0.407 e. The fraction of sp³-hybridized carbons (Fsp3) is 0.529. The van der Waals surface area contributed by atoms with Crippen LogP contribution in [0.2, 0.25) is 0 Å². The van der Waals surface area contributed by atoms with E-state index < -0.39 is 11.7 Å². The standard InChI is InChI=1S/C17H24FNO4/c1-5-22-15(20)10-13(12-6-8-14(18)9-7-12)11-19-16(21)23-17(2,3)4/h6-9,13H,5,10-11H2,1-4H3,(H,19,21). The number of ether oxygens (including phenoxy) is 2. The summed E-state index contributed by atoms with van der Waals surface area (Å²) in [6, 6.07) is 5.83. The highest BCUT2D eigenvalue weighted by atomic mass is 19.1. The molecule has 5 nitrogen and oxygen atoms in total. The van der Waals surface area contributed by atoms with Crippen molar-refractivity contribution in [3.05, 3.63) is 35.6 Å². The van der Waals surface area contributed by atoms with Gasteiger partial charge < -0.3 is 14.8 Å². The largest absolute Gasteiger partial charge is 0.466 e. The molecule has 0 radical (unpaired) electrons. The monoisotopic (exact) mass is 325 g/mol. The van der Waals surface area contributed by atoms with Crippen LogP contribution >= 0.6 is 0 Å². The van der Waals surface area contributed by atoms with Crippen LogP contribution in [-0.4, -0.2) is 30.8 Å². The third-order valence-corrected chi connectivity index (χ3v) is 2.95. The highest BCUT2D eigenvalue weighted by Crippen LogP contribution is 2.20. The van der Waals surface area contributed by atoms with E-state index in [0.717, 1.165) is 5.56 Å². The van der Waals surface area contributed by atoms with Gasteiger partial charge in [-0.25, -0.2) is 9.18 Å². The molecule has 1 aromatic carbocycles. The third-order valence-electron chi connectivity index (χ3n) is 2.95. The summed E-state index contributed by atoms with van der Waals surface area (Å²) in [6.07, 6.45) is -0.469. The molecule has 6 heteroatoms. The lowest BCUT2D eigenvalue weighted by Gasteiger charge is -2.22. The van der Waals surface area contributed by atoms with Gasteiger partial charge in [0.05, 0.1) is 13.0 Å². The molecular weight excluding hydrogens is 301 g/mol. The van der Waals surface area contributed by atoms with Crippen LogP contribution in [0, 0.1) is 5.82 Å². The number of carbonyl (C=O) groups is 2. The van der Waals surface area contributed by atoms with E-state index in [1.807, 2.05) is 0 Å². The van der Waals surface area contributed by atoms with Crippen molar-refractivity contribution in [3.63, 3.8) is 0 Å². The highest BCUT2D eigenvalue weighted by Gasteiger charge is 2.20. The number of nitrogens with one attached hydrogen (secondary N) is 1. The molecule has 1 N–H and O–H groups in total. The summed E-state index contributed by atoms with van der Waals surface area (Å²) in [5.41, 5.74) is 0.145. The van der Waals surface area contributed by atoms with Gasteiger partial charge in [-0.2, -0.15) is 0 Å². The lowest BCUT2D eigenvalue weighted by molar-refractivity contribution is -0.143. The van der Waals surface area contributed by atoms with Crippen LogP contribution in [0.25, 0.3) is 0 Å². The zero-order valence-electron chi connectivity index (χ0n) is 14.0. The molecule has 0 bridgehead atoms. The second-order valence-electron chi connectivity index (χ2n) is 6.14. The molecule has 23 heavy (non-hydrogen) atoms. The predicted molar refractivity (Wildman–Crippen MR) is 84.6 cm³/mol. The fourth-order valence-corrected chi connectivity index (χ4v) is 1.98. The summed E-state index contributed by atoms with van der Waals surface area (Å²) in [7, 11) is 0. The minimum Gasteiger partial charge on any atom is -0.466 e. The first-order valence-electron chi connectivity index (χ1n) is 7.59. The van der Waals surface area contributed by atoms with Crippen LogP contribution < -0.4 is 5.32 Å². The second-order valence-corrected chi connectivity index (χ2v) is 6.14. The maximum absolute atomic E-state index is 13.1. The van der Waals surface area contributed by atoms with Gasteiger partial charge >= 0.3 is 12.1 Å². The maximum atomic E-state index is 13.1. The Balaban J connectivity index is 2.73. The van der Waals surface area contributed by atoms with Crippen molar-refractivity contribution in [3.8, 4) is 0 Å². The van der Waals surface area contributed by atoms with Crippen molar-refractivity contribution in [2.45, 2.75) is 45.6 Å². The Morgan fingerprint density at radius 3 is 2.35 bits per heavy atom. The van der Waals surface area contributed by atoms with E-state index in [0.29, 0.717) is 0 Å². The topological polar surface area (TPSA) is 64.6 Å². The molecule has 1 aromatic rings. The number of carbonyl (C=O) groups excluding carboxylic acids is 2. The van der Waals surface area contributed by atoms with Crippen molar-refractivity contribution in [2.24, 2.45) is 0 Å². The van der Waals surface area contributed by atoms with Crippen molar-refractivity contribution < 1.29 is 23.5 Å². The van der Waals surface area contributed by atoms with Gasteiger partial charge in [0.2, 0.25) is 0 Å². The summed E-state index contributed by atoms with van der Waals surface area (Å²) >= 11 is 0. The van der Waals surface area contributed by atoms with Crippen LogP contribution in [-0.2, 0) is 14.3 Å². The zero-order valence-corrected chi connectivity index (χ0v) is 14.0. The van der Waals surface area contributed by atoms with Gasteiger partial charge in [-0.15, -0.1) is 0 Å². The number of benzene rings is 1.